The minimum absolute atomic E-state index is 0.421. The SMILES string of the molecule is CC1CCC(O)(CCN)C(C)C1. The zero-order chi connectivity index (χ0) is 9.19. The summed E-state index contributed by atoms with van der Waals surface area (Å²) < 4.78 is 0. The Morgan fingerprint density at radius 2 is 2.17 bits per heavy atom. The molecule has 0 bridgehead atoms. The highest BCUT2D eigenvalue weighted by atomic mass is 16.3. The Kier molecular flexibility index (Phi) is 3.13. The number of rotatable bonds is 2. The van der Waals surface area contributed by atoms with E-state index in [0.717, 1.165) is 31.6 Å². The largest absolute Gasteiger partial charge is 0.390 e. The van der Waals surface area contributed by atoms with Gasteiger partial charge in [0, 0.05) is 0 Å². The number of hydrogen-bond acceptors (Lipinski definition) is 2. The Balaban J connectivity index is 2.53. The Morgan fingerprint density at radius 1 is 1.50 bits per heavy atom. The van der Waals surface area contributed by atoms with Crippen LogP contribution >= 0.6 is 0 Å². The molecule has 1 rings (SSSR count). The molecule has 0 saturated heterocycles. The van der Waals surface area contributed by atoms with Crippen molar-refractivity contribution in [1.29, 1.82) is 0 Å². The predicted molar refractivity (Wildman–Crippen MR) is 50.8 cm³/mol. The number of aliphatic hydroxyl groups is 1. The molecule has 0 aromatic carbocycles. The van der Waals surface area contributed by atoms with Crippen molar-refractivity contribution in [3.05, 3.63) is 0 Å². The van der Waals surface area contributed by atoms with Crippen LogP contribution in [0.5, 0.6) is 0 Å². The summed E-state index contributed by atoms with van der Waals surface area (Å²) in [5.74, 6) is 1.20. The van der Waals surface area contributed by atoms with Crippen molar-refractivity contribution < 1.29 is 5.11 Å². The van der Waals surface area contributed by atoms with Crippen molar-refractivity contribution in [2.75, 3.05) is 6.54 Å². The molecule has 1 aliphatic carbocycles. The molecule has 1 saturated carbocycles. The molecule has 3 N–H and O–H groups in total. The second-order valence-corrected chi connectivity index (χ2v) is 4.42. The molecule has 0 heterocycles. The van der Waals surface area contributed by atoms with Crippen LogP contribution in [0, 0.1) is 11.8 Å². The van der Waals surface area contributed by atoms with Gasteiger partial charge in [-0.05, 0) is 44.1 Å². The van der Waals surface area contributed by atoms with Crippen LogP contribution in [-0.4, -0.2) is 17.3 Å². The molecule has 0 radical (unpaired) electrons. The highest BCUT2D eigenvalue weighted by Crippen LogP contribution is 2.38. The van der Waals surface area contributed by atoms with E-state index in [9.17, 15) is 5.11 Å². The van der Waals surface area contributed by atoms with Gasteiger partial charge in [0.1, 0.15) is 0 Å². The highest BCUT2D eigenvalue weighted by Gasteiger charge is 2.37. The summed E-state index contributed by atoms with van der Waals surface area (Å²) in [5.41, 5.74) is 5.02. The first-order valence-corrected chi connectivity index (χ1v) is 5.01. The fourth-order valence-corrected chi connectivity index (χ4v) is 2.30. The lowest BCUT2D eigenvalue weighted by molar-refractivity contribution is -0.0571. The van der Waals surface area contributed by atoms with E-state index in [-0.39, 0.29) is 0 Å². The summed E-state index contributed by atoms with van der Waals surface area (Å²) in [5, 5.41) is 10.2. The van der Waals surface area contributed by atoms with E-state index in [1.54, 1.807) is 0 Å². The average molecular weight is 171 g/mol. The Hall–Kier alpha value is -0.0800. The normalized spacial score (nSPS) is 43.0. The molecule has 0 spiro atoms. The molecule has 72 valence electrons. The molecule has 1 aliphatic rings. The van der Waals surface area contributed by atoms with Crippen molar-refractivity contribution in [3.8, 4) is 0 Å². The molecular weight excluding hydrogens is 150 g/mol. The Bertz CT molecular complexity index is 149. The molecule has 0 aliphatic heterocycles. The Labute approximate surface area is 75.2 Å². The van der Waals surface area contributed by atoms with Crippen LogP contribution in [0.3, 0.4) is 0 Å². The summed E-state index contributed by atoms with van der Waals surface area (Å²) >= 11 is 0. The molecule has 0 aromatic rings. The molecule has 1 fully saturated rings. The fourth-order valence-electron chi connectivity index (χ4n) is 2.30. The van der Waals surface area contributed by atoms with Gasteiger partial charge in [-0.2, -0.15) is 0 Å². The van der Waals surface area contributed by atoms with Crippen LogP contribution in [0.2, 0.25) is 0 Å². The molecule has 0 amide bonds. The van der Waals surface area contributed by atoms with Crippen molar-refractivity contribution in [1.82, 2.24) is 0 Å². The zero-order valence-corrected chi connectivity index (χ0v) is 8.21. The first-order chi connectivity index (χ1) is 5.58. The minimum Gasteiger partial charge on any atom is -0.390 e. The number of nitrogens with two attached hydrogens (primary N) is 1. The van der Waals surface area contributed by atoms with Gasteiger partial charge in [-0.1, -0.05) is 13.8 Å². The van der Waals surface area contributed by atoms with Crippen LogP contribution in [0.15, 0.2) is 0 Å². The third-order valence-corrected chi connectivity index (χ3v) is 3.32. The monoisotopic (exact) mass is 171 g/mol. The van der Waals surface area contributed by atoms with Gasteiger partial charge in [-0.25, -0.2) is 0 Å². The number of hydrogen-bond donors (Lipinski definition) is 2. The van der Waals surface area contributed by atoms with Gasteiger partial charge < -0.3 is 10.8 Å². The van der Waals surface area contributed by atoms with Crippen LogP contribution < -0.4 is 5.73 Å². The van der Waals surface area contributed by atoms with Crippen molar-refractivity contribution >= 4 is 0 Å². The maximum absolute atomic E-state index is 10.2. The van der Waals surface area contributed by atoms with Gasteiger partial charge in [0.2, 0.25) is 0 Å². The van der Waals surface area contributed by atoms with E-state index in [1.807, 2.05) is 0 Å². The maximum atomic E-state index is 10.2. The van der Waals surface area contributed by atoms with E-state index in [1.165, 1.54) is 0 Å². The van der Waals surface area contributed by atoms with Gasteiger partial charge in [0.05, 0.1) is 5.60 Å². The van der Waals surface area contributed by atoms with Gasteiger partial charge in [-0.3, -0.25) is 0 Å². The van der Waals surface area contributed by atoms with Gasteiger partial charge >= 0.3 is 0 Å². The summed E-state index contributed by atoms with van der Waals surface area (Å²) in [7, 11) is 0. The second kappa shape index (κ2) is 3.75. The smallest absolute Gasteiger partial charge is 0.0685 e. The molecular formula is C10H21NO. The lowest BCUT2D eigenvalue weighted by Gasteiger charge is -2.40. The van der Waals surface area contributed by atoms with E-state index in [4.69, 9.17) is 5.73 Å². The van der Waals surface area contributed by atoms with E-state index >= 15 is 0 Å². The van der Waals surface area contributed by atoms with E-state index in [0.29, 0.717) is 12.5 Å². The molecule has 0 aromatic heterocycles. The average Bonchev–Trinajstić information content (AvgIpc) is 1.99. The van der Waals surface area contributed by atoms with Crippen molar-refractivity contribution in [2.45, 2.75) is 45.1 Å². The molecule has 3 unspecified atom stereocenters. The third kappa shape index (κ3) is 1.99. The first kappa shape index (κ1) is 10.0. The van der Waals surface area contributed by atoms with Crippen LogP contribution in [0.25, 0.3) is 0 Å². The lowest BCUT2D eigenvalue weighted by atomic mass is 9.71. The third-order valence-electron chi connectivity index (χ3n) is 3.32. The molecule has 12 heavy (non-hydrogen) atoms. The predicted octanol–water partition coefficient (Wildman–Crippen LogP) is 1.52. The fraction of sp³-hybridized carbons (Fsp3) is 1.00. The zero-order valence-electron chi connectivity index (χ0n) is 8.21. The van der Waals surface area contributed by atoms with Crippen LogP contribution in [0.4, 0.5) is 0 Å². The second-order valence-electron chi connectivity index (χ2n) is 4.42. The Morgan fingerprint density at radius 3 is 2.67 bits per heavy atom. The van der Waals surface area contributed by atoms with Gasteiger partial charge in [0.25, 0.3) is 0 Å². The van der Waals surface area contributed by atoms with Crippen molar-refractivity contribution in [2.24, 2.45) is 17.6 Å². The molecule has 3 atom stereocenters. The molecule has 2 nitrogen and oxygen atoms in total. The van der Waals surface area contributed by atoms with Crippen LogP contribution in [-0.2, 0) is 0 Å². The van der Waals surface area contributed by atoms with Crippen LogP contribution in [0.1, 0.15) is 39.5 Å². The quantitative estimate of drug-likeness (QED) is 0.661. The minimum atomic E-state index is -0.457. The van der Waals surface area contributed by atoms with E-state index < -0.39 is 5.60 Å². The summed E-state index contributed by atoms with van der Waals surface area (Å²) in [4.78, 5) is 0. The van der Waals surface area contributed by atoms with Crippen molar-refractivity contribution in [3.63, 3.8) is 0 Å². The molecule has 2 heteroatoms. The lowest BCUT2D eigenvalue weighted by Crippen LogP contribution is -2.42. The van der Waals surface area contributed by atoms with E-state index in [2.05, 4.69) is 13.8 Å². The van der Waals surface area contributed by atoms with Gasteiger partial charge in [-0.15, -0.1) is 0 Å². The summed E-state index contributed by atoms with van der Waals surface area (Å²) in [6.45, 7) is 5.01. The van der Waals surface area contributed by atoms with Gasteiger partial charge in [0.15, 0.2) is 0 Å². The summed E-state index contributed by atoms with van der Waals surface area (Å²) in [6, 6.07) is 0. The summed E-state index contributed by atoms with van der Waals surface area (Å²) in [6.07, 6.45) is 4.00. The maximum Gasteiger partial charge on any atom is 0.0685 e. The standard InChI is InChI=1S/C10H21NO/c1-8-3-4-10(12,5-6-11)9(2)7-8/h8-9,12H,3-7,11H2,1-2H3. The first-order valence-electron chi connectivity index (χ1n) is 5.01. The topological polar surface area (TPSA) is 46.2 Å². The highest BCUT2D eigenvalue weighted by molar-refractivity contribution is 4.89.